The zero-order chi connectivity index (χ0) is 18.9. The first-order chi connectivity index (χ1) is 13.1. The molecule has 0 fully saturated rings. The Kier molecular flexibility index (Phi) is 4.34. The quantitative estimate of drug-likeness (QED) is 0.773. The van der Waals surface area contributed by atoms with Crippen LogP contribution in [-0.4, -0.2) is 30.7 Å². The van der Waals surface area contributed by atoms with Crippen molar-refractivity contribution in [2.24, 2.45) is 9.98 Å². The minimum absolute atomic E-state index is 0.533. The molecule has 0 spiro atoms. The summed E-state index contributed by atoms with van der Waals surface area (Å²) in [5.74, 6) is 0.533. The molecule has 134 valence electrons. The third kappa shape index (κ3) is 3.15. The normalized spacial score (nSPS) is 18.8. The molecule has 1 aliphatic rings. The lowest BCUT2D eigenvalue weighted by Crippen LogP contribution is -2.32. The van der Waals surface area contributed by atoms with Crippen LogP contribution in [0.5, 0.6) is 0 Å². The molecule has 1 N–H and O–H groups in total. The Morgan fingerprint density at radius 1 is 0.741 bits per heavy atom. The number of hydrogen-bond donors (Lipinski definition) is 1. The molecular formula is C23H21N3O. The Morgan fingerprint density at radius 3 is 1.93 bits per heavy atom. The van der Waals surface area contributed by atoms with E-state index >= 15 is 0 Å². The average molecular weight is 355 g/mol. The van der Waals surface area contributed by atoms with Gasteiger partial charge in [-0.25, -0.2) is 9.98 Å². The molecule has 0 aliphatic carbocycles. The van der Waals surface area contributed by atoms with Gasteiger partial charge in [0.15, 0.2) is 5.84 Å². The highest BCUT2D eigenvalue weighted by Gasteiger charge is 2.40. The SMILES string of the molecule is CN(C)c1ccc(C2=NC(O)(c3ccccc3)C(c3ccccc3)=N2)cc1. The summed E-state index contributed by atoms with van der Waals surface area (Å²) < 4.78 is 0. The monoisotopic (exact) mass is 355 g/mol. The van der Waals surface area contributed by atoms with E-state index in [1.165, 1.54) is 0 Å². The zero-order valence-corrected chi connectivity index (χ0v) is 15.4. The van der Waals surface area contributed by atoms with E-state index in [1.807, 2.05) is 104 Å². The third-order valence-electron chi connectivity index (χ3n) is 4.68. The number of rotatable bonds is 4. The molecule has 27 heavy (non-hydrogen) atoms. The molecule has 4 rings (SSSR count). The number of benzene rings is 3. The first-order valence-electron chi connectivity index (χ1n) is 8.88. The van der Waals surface area contributed by atoms with E-state index in [1.54, 1.807) is 0 Å². The second-order valence-electron chi connectivity index (χ2n) is 6.74. The van der Waals surface area contributed by atoms with Crippen molar-refractivity contribution in [2.45, 2.75) is 5.72 Å². The van der Waals surface area contributed by atoms with Gasteiger partial charge in [-0.2, -0.15) is 0 Å². The minimum atomic E-state index is -1.50. The van der Waals surface area contributed by atoms with Crippen molar-refractivity contribution in [3.8, 4) is 0 Å². The molecule has 1 heterocycles. The number of aliphatic imine (C=N–C) groups is 2. The van der Waals surface area contributed by atoms with Crippen molar-refractivity contribution in [1.29, 1.82) is 0 Å². The molecule has 1 unspecified atom stereocenters. The highest BCUT2D eigenvalue weighted by molar-refractivity contribution is 6.20. The summed E-state index contributed by atoms with van der Waals surface area (Å²) in [5.41, 5.74) is 2.57. The van der Waals surface area contributed by atoms with E-state index in [0.717, 1.165) is 16.8 Å². The molecule has 4 nitrogen and oxygen atoms in total. The van der Waals surface area contributed by atoms with Crippen molar-refractivity contribution in [2.75, 3.05) is 19.0 Å². The number of hydrogen-bond acceptors (Lipinski definition) is 4. The Morgan fingerprint density at radius 2 is 1.33 bits per heavy atom. The standard InChI is InChI=1S/C23H21N3O/c1-26(2)20-15-13-18(14-16-20)22-24-21(17-9-5-3-6-10-17)23(27,25-22)19-11-7-4-8-12-19/h3-16,27H,1-2H3. The van der Waals surface area contributed by atoms with Crippen LogP contribution in [0.4, 0.5) is 5.69 Å². The van der Waals surface area contributed by atoms with Crippen LogP contribution in [0.25, 0.3) is 0 Å². The molecule has 0 bridgehead atoms. The van der Waals surface area contributed by atoms with E-state index in [0.29, 0.717) is 17.1 Å². The van der Waals surface area contributed by atoms with Crippen molar-refractivity contribution in [3.05, 3.63) is 102 Å². The maximum Gasteiger partial charge on any atom is 0.228 e. The molecule has 0 saturated heterocycles. The van der Waals surface area contributed by atoms with Crippen LogP contribution >= 0.6 is 0 Å². The Bertz CT molecular complexity index is 993. The van der Waals surface area contributed by atoms with E-state index in [4.69, 9.17) is 4.99 Å². The van der Waals surface area contributed by atoms with Gasteiger partial charge in [-0.3, -0.25) is 0 Å². The van der Waals surface area contributed by atoms with Crippen LogP contribution in [0, 0.1) is 0 Å². The van der Waals surface area contributed by atoms with Gasteiger partial charge in [0, 0.05) is 36.5 Å². The molecule has 0 saturated carbocycles. The van der Waals surface area contributed by atoms with Gasteiger partial charge in [-0.15, -0.1) is 0 Å². The highest BCUT2D eigenvalue weighted by Crippen LogP contribution is 2.33. The summed E-state index contributed by atoms with van der Waals surface area (Å²) in [5, 5.41) is 11.5. The maximum absolute atomic E-state index is 11.5. The molecule has 0 amide bonds. The van der Waals surface area contributed by atoms with E-state index in [2.05, 4.69) is 4.99 Å². The van der Waals surface area contributed by atoms with E-state index in [9.17, 15) is 5.11 Å². The van der Waals surface area contributed by atoms with Crippen LogP contribution < -0.4 is 4.90 Å². The first-order valence-corrected chi connectivity index (χ1v) is 8.88. The van der Waals surface area contributed by atoms with Gasteiger partial charge in [-0.1, -0.05) is 60.7 Å². The molecular weight excluding hydrogens is 334 g/mol. The molecule has 3 aromatic rings. The van der Waals surface area contributed by atoms with E-state index < -0.39 is 5.72 Å². The second kappa shape index (κ2) is 6.82. The predicted molar refractivity (Wildman–Crippen MR) is 111 cm³/mol. The van der Waals surface area contributed by atoms with Gasteiger partial charge in [0.05, 0.1) is 0 Å². The number of aliphatic hydroxyl groups is 1. The van der Waals surface area contributed by atoms with Gasteiger partial charge < -0.3 is 10.0 Å². The molecule has 0 radical (unpaired) electrons. The van der Waals surface area contributed by atoms with Gasteiger partial charge in [0.25, 0.3) is 0 Å². The fraction of sp³-hybridized carbons (Fsp3) is 0.130. The maximum atomic E-state index is 11.5. The van der Waals surface area contributed by atoms with Gasteiger partial charge >= 0.3 is 0 Å². The smallest absolute Gasteiger partial charge is 0.228 e. The van der Waals surface area contributed by atoms with Crippen molar-refractivity contribution in [1.82, 2.24) is 0 Å². The molecule has 1 aliphatic heterocycles. The van der Waals surface area contributed by atoms with Crippen molar-refractivity contribution >= 4 is 17.2 Å². The zero-order valence-electron chi connectivity index (χ0n) is 15.4. The summed E-state index contributed by atoms with van der Waals surface area (Å²) in [6, 6.07) is 27.2. The van der Waals surface area contributed by atoms with E-state index in [-0.39, 0.29) is 0 Å². The predicted octanol–water partition coefficient (Wildman–Crippen LogP) is 3.85. The summed E-state index contributed by atoms with van der Waals surface area (Å²) in [7, 11) is 4.00. The summed E-state index contributed by atoms with van der Waals surface area (Å²) in [4.78, 5) is 11.4. The van der Waals surface area contributed by atoms with Crippen molar-refractivity contribution < 1.29 is 5.11 Å². The van der Waals surface area contributed by atoms with Gasteiger partial charge in [-0.05, 0) is 24.3 Å². The van der Waals surface area contributed by atoms with Gasteiger partial charge in [0.1, 0.15) is 5.71 Å². The lowest BCUT2D eigenvalue weighted by atomic mass is 9.94. The van der Waals surface area contributed by atoms with Crippen LogP contribution in [-0.2, 0) is 5.72 Å². The minimum Gasteiger partial charge on any atom is -0.378 e. The Balaban J connectivity index is 1.83. The molecule has 4 heteroatoms. The fourth-order valence-corrected chi connectivity index (χ4v) is 3.19. The van der Waals surface area contributed by atoms with Gasteiger partial charge in [0.2, 0.25) is 5.72 Å². The topological polar surface area (TPSA) is 48.2 Å². The second-order valence-corrected chi connectivity index (χ2v) is 6.74. The lowest BCUT2D eigenvalue weighted by Gasteiger charge is -2.22. The summed E-state index contributed by atoms with van der Waals surface area (Å²) in [6.45, 7) is 0. The third-order valence-corrected chi connectivity index (χ3v) is 4.68. The molecule has 0 aromatic heterocycles. The number of nitrogens with zero attached hydrogens (tertiary/aromatic N) is 3. The number of amidine groups is 1. The summed E-state index contributed by atoms with van der Waals surface area (Å²) in [6.07, 6.45) is 0. The largest absolute Gasteiger partial charge is 0.378 e. The molecule has 1 atom stereocenters. The van der Waals surface area contributed by atoms with Crippen LogP contribution in [0.2, 0.25) is 0 Å². The fourth-order valence-electron chi connectivity index (χ4n) is 3.19. The Hall–Kier alpha value is -3.24. The lowest BCUT2D eigenvalue weighted by molar-refractivity contribution is 0.126. The van der Waals surface area contributed by atoms with Crippen LogP contribution in [0.1, 0.15) is 16.7 Å². The van der Waals surface area contributed by atoms with Crippen LogP contribution in [0.3, 0.4) is 0 Å². The summed E-state index contributed by atoms with van der Waals surface area (Å²) >= 11 is 0. The highest BCUT2D eigenvalue weighted by atomic mass is 16.3. The van der Waals surface area contributed by atoms with Crippen molar-refractivity contribution in [3.63, 3.8) is 0 Å². The van der Waals surface area contributed by atoms with Crippen LogP contribution in [0.15, 0.2) is 94.9 Å². The molecule has 3 aromatic carbocycles. The Labute approximate surface area is 159 Å². The number of anilines is 1. The average Bonchev–Trinajstić information content (AvgIpc) is 3.08. The first kappa shape index (κ1) is 17.2.